The van der Waals surface area contributed by atoms with Gasteiger partial charge < -0.3 is 14.9 Å². The number of carbonyl (C=O) groups is 1. The van der Waals surface area contributed by atoms with Crippen LogP contribution in [0.4, 0.5) is 10.3 Å². The average Bonchev–Trinajstić information content (AvgIpc) is 2.75. The van der Waals surface area contributed by atoms with Gasteiger partial charge in [-0.3, -0.25) is 0 Å². The molecule has 0 bridgehead atoms. The molecule has 0 spiro atoms. The van der Waals surface area contributed by atoms with Crippen molar-refractivity contribution in [2.24, 2.45) is 0 Å². The molecule has 2 rings (SSSR count). The van der Waals surface area contributed by atoms with Crippen molar-refractivity contribution in [3.05, 3.63) is 34.2 Å². The van der Waals surface area contributed by atoms with Crippen LogP contribution < -0.4 is 5.73 Å². The maximum absolute atomic E-state index is 13.4. The van der Waals surface area contributed by atoms with E-state index in [0.717, 1.165) is 0 Å². The molecule has 7 heteroatoms. The molecule has 2 N–H and O–H groups in total. The highest BCUT2D eigenvalue weighted by Crippen LogP contribution is 2.27. The molecule has 0 amide bonds. The number of aromatic nitrogens is 1. The van der Waals surface area contributed by atoms with E-state index < -0.39 is 11.8 Å². The highest BCUT2D eigenvalue weighted by atomic mass is 79.9. The van der Waals surface area contributed by atoms with Crippen molar-refractivity contribution in [3.63, 3.8) is 0 Å². The fourth-order valence-corrected chi connectivity index (χ4v) is 1.68. The van der Waals surface area contributed by atoms with Crippen molar-refractivity contribution in [2.75, 3.05) is 12.3 Å². The molecule has 0 saturated carbocycles. The van der Waals surface area contributed by atoms with Gasteiger partial charge in [0.25, 0.3) is 0 Å². The number of nitrogen functional groups attached to an aromatic ring is 1. The number of hydrogen-bond acceptors (Lipinski definition) is 5. The summed E-state index contributed by atoms with van der Waals surface area (Å²) in [5.74, 6) is -1.23. The second-order valence-corrected chi connectivity index (χ2v) is 4.44. The summed E-state index contributed by atoms with van der Waals surface area (Å²) in [5.41, 5.74) is 5.81. The number of benzene rings is 1. The summed E-state index contributed by atoms with van der Waals surface area (Å²) in [4.78, 5) is 15.4. The van der Waals surface area contributed by atoms with Crippen LogP contribution in [0.25, 0.3) is 11.5 Å². The second kappa shape index (κ2) is 5.40. The van der Waals surface area contributed by atoms with Crippen LogP contribution >= 0.6 is 15.9 Å². The quantitative estimate of drug-likeness (QED) is 0.876. The lowest BCUT2D eigenvalue weighted by molar-refractivity contribution is 0.0521. The summed E-state index contributed by atoms with van der Waals surface area (Å²) >= 11 is 3.04. The second-order valence-electron chi connectivity index (χ2n) is 3.58. The standard InChI is InChI=1S/C12H10BrFN2O3/c1-2-18-12(17)9-10(15)19-11(16-9)6-3-4-7(13)8(14)5-6/h3-5H,2,15H2,1H3. The zero-order valence-electron chi connectivity index (χ0n) is 9.94. The maximum atomic E-state index is 13.4. The predicted octanol–water partition coefficient (Wildman–Crippen LogP) is 3.00. The molecule has 1 aromatic carbocycles. The molecule has 0 atom stereocenters. The maximum Gasteiger partial charge on any atom is 0.362 e. The fourth-order valence-electron chi connectivity index (χ4n) is 1.43. The Balaban J connectivity index is 2.38. The van der Waals surface area contributed by atoms with Crippen LogP contribution in [-0.2, 0) is 4.74 Å². The monoisotopic (exact) mass is 328 g/mol. The van der Waals surface area contributed by atoms with Gasteiger partial charge in [0.15, 0.2) is 0 Å². The molecule has 5 nitrogen and oxygen atoms in total. The molecule has 0 aliphatic carbocycles. The summed E-state index contributed by atoms with van der Waals surface area (Å²) < 4.78 is 23.7. The Morgan fingerprint density at radius 3 is 2.95 bits per heavy atom. The van der Waals surface area contributed by atoms with Crippen LogP contribution in [0.15, 0.2) is 27.1 Å². The third kappa shape index (κ3) is 2.76. The number of ether oxygens (including phenoxy) is 1. The fraction of sp³-hybridized carbons (Fsp3) is 0.167. The highest BCUT2D eigenvalue weighted by molar-refractivity contribution is 9.10. The molecule has 19 heavy (non-hydrogen) atoms. The number of nitrogens with zero attached hydrogens (tertiary/aromatic N) is 1. The van der Waals surface area contributed by atoms with Gasteiger partial charge in [-0.2, -0.15) is 4.98 Å². The molecule has 1 heterocycles. The van der Waals surface area contributed by atoms with Crippen molar-refractivity contribution in [1.82, 2.24) is 4.98 Å². The van der Waals surface area contributed by atoms with E-state index in [1.807, 2.05) is 0 Å². The van der Waals surface area contributed by atoms with Gasteiger partial charge >= 0.3 is 5.97 Å². The van der Waals surface area contributed by atoms with Gasteiger partial charge in [0, 0.05) is 5.56 Å². The van der Waals surface area contributed by atoms with Gasteiger partial charge in [0.1, 0.15) is 5.82 Å². The van der Waals surface area contributed by atoms with E-state index >= 15 is 0 Å². The van der Waals surface area contributed by atoms with Gasteiger partial charge in [-0.15, -0.1) is 0 Å². The number of anilines is 1. The minimum absolute atomic E-state index is 0.0620. The number of hydrogen-bond donors (Lipinski definition) is 1. The summed E-state index contributed by atoms with van der Waals surface area (Å²) in [5, 5.41) is 0. The van der Waals surface area contributed by atoms with E-state index in [1.165, 1.54) is 12.1 Å². The van der Waals surface area contributed by atoms with Crippen molar-refractivity contribution in [2.45, 2.75) is 6.92 Å². The van der Waals surface area contributed by atoms with Crippen LogP contribution in [0.2, 0.25) is 0 Å². The number of nitrogens with two attached hydrogens (primary N) is 1. The third-order valence-corrected chi connectivity index (χ3v) is 2.93. The average molecular weight is 329 g/mol. The van der Waals surface area contributed by atoms with Crippen LogP contribution in [0.3, 0.4) is 0 Å². The van der Waals surface area contributed by atoms with E-state index in [-0.39, 0.29) is 24.1 Å². The summed E-state index contributed by atoms with van der Waals surface area (Å²) in [6, 6.07) is 4.33. The van der Waals surface area contributed by atoms with Gasteiger partial charge in [-0.1, -0.05) is 0 Å². The summed E-state index contributed by atoms with van der Waals surface area (Å²) in [6.07, 6.45) is 0. The first-order chi connectivity index (χ1) is 9.02. The smallest absolute Gasteiger partial charge is 0.362 e. The van der Waals surface area contributed by atoms with Gasteiger partial charge in [0.2, 0.25) is 17.5 Å². The zero-order valence-corrected chi connectivity index (χ0v) is 11.5. The van der Waals surface area contributed by atoms with E-state index in [4.69, 9.17) is 14.9 Å². The predicted molar refractivity (Wildman–Crippen MR) is 70.0 cm³/mol. The minimum atomic E-state index is -0.674. The van der Waals surface area contributed by atoms with Crippen LogP contribution in [0.5, 0.6) is 0 Å². The first-order valence-corrected chi connectivity index (χ1v) is 6.21. The van der Waals surface area contributed by atoms with Crippen LogP contribution in [-0.4, -0.2) is 17.6 Å². The van der Waals surface area contributed by atoms with Gasteiger partial charge in [-0.25, -0.2) is 9.18 Å². The number of halogens is 2. The van der Waals surface area contributed by atoms with Gasteiger partial charge in [-0.05, 0) is 41.1 Å². The lowest BCUT2D eigenvalue weighted by Gasteiger charge is -1.97. The van der Waals surface area contributed by atoms with Crippen molar-refractivity contribution < 1.29 is 18.3 Å². The Labute approximate surface area is 116 Å². The molecule has 2 aromatic rings. The first kappa shape index (κ1) is 13.5. The number of esters is 1. The molecule has 0 saturated heterocycles. The van der Waals surface area contributed by atoms with Gasteiger partial charge in [0.05, 0.1) is 11.1 Å². The number of rotatable bonds is 3. The molecular weight excluding hydrogens is 319 g/mol. The summed E-state index contributed by atoms with van der Waals surface area (Å²) in [6.45, 7) is 1.87. The van der Waals surface area contributed by atoms with Crippen molar-refractivity contribution in [3.8, 4) is 11.5 Å². The first-order valence-electron chi connectivity index (χ1n) is 5.41. The lowest BCUT2D eigenvalue weighted by atomic mass is 10.2. The highest BCUT2D eigenvalue weighted by Gasteiger charge is 2.20. The van der Waals surface area contributed by atoms with Crippen molar-refractivity contribution >= 4 is 27.8 Å². The molecular formula is C12H10BrFN2O3. The van der Waals surface area contributed by atoms with Crippen molar-refractivity contribution in [1.29, 1.82) is 0 Å². The zero-order chi connectivity index (χ0) is 14.0. The Morgan fingerprint density at radius 1 is 1.58 bits per heavy atom. The largest absolute Gasteiger partial charge is 0.461 e. The molecule has 0 radical (unpaired) electrons. The Kier molecular flexibility index (Phi) is 3.84. The topological polar surface area (TPSA) is 78.3 Å². The molecule has 0 aliphatic heterocycles. The normalized spacial score (nSPS) is 10.5. The van der Waals surface area contributed by atoms with E-state index in [2.05, 4.69) is 20.9 Å². The molecule has 0 fully saturated rings. The number of oxazole rings is 1. The molecule has 100 valence electrons. The Bertz CT molecular complexity index is 627. The SMILES string of the molecule is CCOC(=O)c1nc(-c2ccc(Br)c(F)c2)oc1N. The third-order valence-electron chi connectivity index (χ3n) is 2.29. The minimum Gasteiger partial charge on any atom is -0.461 e. The number of carbonyl (C=O) groups excluding carboxylic acids is 1. The Hall–Kier alpha value is -1.89. The summed E-state index contributed by atoms with van der Waals surface area (Å²) in [7, 11) is 0. The molecule has 1 aromatic heterocycles. The van der Waals surface area contributed by atoms with E-state index in [9.17, 15) is 9.18 Å². The van der Waals surface area contributed by atoms with E-state index in [0.29, 0.717) is 10.0 Å². The molecule has 0 unspecified atom stereocenters. The van der Waals surface area contributed by atoms with Crippen LogP contribution in [0.1, 0.15) is 17.4 Å². The lowest BCUT2D eigenvalue weighted by Crippen LogP contribution is -2.07. The van der Waals surface area contributed by atoms with Crippen LogP contribution in [0, 0.1) is 5.82 Å². The Morgan fingerprint density at radius 2 is 2.32 bits per heavy atom. The van der Waals surface area contributed by atoms with E-state index in [1.54, 1.807) is 13.0 Å². The molecule has 0 aliphatic rings.